The number of rotatable bonds is 17. The predicted octanol–water partition coefficient (Wildman–Crippen LogP) is 8.46. The highest BCUT2D eigenvalue weighted by atomic mass is 28.4. The van der Waals surface area contributed by atoms with Crippen molar-refractivity contribution in [1.82, 2.24) is 0 Å². The fourth-order valence-corrected chi connectivity index (χ4v) is 14.6. The molecular formula is C55H66O11Si. The van der Waals surface area contributed by atoms with E-state index in [1.807, 2.05) is 94.4 Å². The molecule has 356 valence electrons. The van der Waals surface area contributed by atoms with E-state index in [4.69, 9.17) is 51.8 Å². The Bertz CT molecular complexity index is 2260. The molecule has 11 nitrogen and oxygen atoms in total. The zero-order valence-corrected chi connectivity index (χ0v) is 40.7. The van der Waals surface area contributed by atoms with Crippen LogP contribution in [0.25, 0.3) is 0 Å². The molecule has 0 bridgehead atoms. The molecule has 10 atom stereocenters. The average Bonchev–Trinajstić information content (AvgIpc) is 3.83. The van der Waals surface area contributed by atoms with Crippen molar-refractivity contribution >= 4 is 18.7 Å². The van der Waals surface area contributed by atoms with Gasteiger partial charge < -0.3 is 51.8 Å². The third-order valence-electron chi connectivity index (χ3n) is 13.0. The highest BCUT2D eigenvalue weighted by Gasteiger charge is 2.61. The molecule has 0 aromatic heterocycles. The smallest absolute Gasteiger partial charge is 0.261 e. The van der Waals surface area contributed by atoms with Gasteiger partial charge in [-0.1, -0.05) is 172 Å². The Labute approximate surface area is 397 Å². The summed E-state index contributed by atoms with van der Waals surface area (Å²) < 4.78 is 75.3. The molecule has 0 spiro atoms. The van der Waals surface area contributed by atoms with Gasteiger partial charge in [0.05, 0.1) is 33.0 Å². The molecule has 67 heavy (non-hydrogen) atoms. The molecule has 12 heteroatoms. The molecule has 0 aliphatic carbocycles. The monoisotopic (exact) mass is 930 g/mol. The van der Waals surface area contributed by atoms with Crippen molar-refractivity contribution in [3.05, 3.63) is 168 Å². The van der Waals surface area contributed by atoms with E-state index in [1.165, 1.54) is 0 Å². The van der Waals surface area contributed by atoms with Crippen LogP contribution in [0.5, 0.6) is 0 Å². The summed E-state index contributed by atoms with van der Waals surface area (Å²) in [6, 6.07) is 51.6. The molecule has 4 heterocycles. The minimum absolute atomic E-state index is 0.0622. The van der Waals surface area contributed by atoms with Crippen LogP contribution in [0.2, 0.25) is 5.04 Å². The molecule has 0 saturated carbocycles. The van der Waals surface area contributed by atoms with Gasteiger partial charge in [0.25, 0.3) is 8.32 Å². The molecule has 5 aromatic carbocycles. The van der Waals surface area contributed by atoms with Crippen molar-refractivity contribution in [3.63, 3.8) is 0 Å². The van der Waals surface area contributed by atoms with Gasteiger partial charge in [-0.3, -0.25) is 0 Å². The lowest BCUT2D eigenvalue weighted by Crippen LogP contribution is -2.68. The Balaban J connectivity index is 1.10. The third-order valence-corrected chi connectivity index (χ3v) is 18.0. The summed E-state index contributed by atoms with van der Waals surface area (Å²) in [6.45, 7) is 15.5. The van der Waals surface area contributed by atoms with Crippen LogP contribution in [-0.4, -0.2) is 94.5 Å². The second kappa shape index (κ2) is 20.5. The van der Waals surface area contributed by atoms with Crippen LogP contribution in [0.15, 0.2) is 152 Å². The lowest BCUT2D eigenvalue weighted by molar-refractivity contribution is -0.335. The van der Waals surface area contributed by atoms with E-state index in [0.29, 0.717) is 13.2 Å². The Morgan fingerprint density at radius 1 is 0.448 bits per heavy atom. The van der Waals surface area contributed by atoms with Crippen LogP contribution in [0.1, 0.15) is 65.2 Å². The lowest BCUT2D eigenvalue weighted by Gasteiger charge is -2.48. The first-order valence-electron chi connectivity index (χ1n) is 23.6. The predicted molar refractivity (Wildman–Crippen MR) is 256 cm³/mol. The van der Waals surface area contributed by atoms with Crippen LogP contribution in [0, 0.1) is 0 Å². The van der Waals surface area contributed by atoms with E-state index in [2.05, 4.69) is 106 Å². The maximum Gasteiger partial charge on any atom is 0.261 e. The van der Waals surface area contributed by atoms with E-state index in [9.17, 15) is 0 Å². The number of hydrogen-bond acceptors (Lipinski definition) is 11. The summed E-state index contributed by atoms with van der Waals surface area (Å²) in [5.41, 5.74) is 3.02. The standard InChI is InChI=1S/C55H66O11Si/c1-53(2,3)67(41-29-19-11-20-30-41,42-31-21-12-22-32-42)60-37-44-45(56-33-38-23-13-8-14-24-38)47(57-34-39-25-15-9-16-26-39)49(58-35-40-27-17-10-18-28-40)51(61-44)59-36-43-46-48(64-54(4,5)63-46)50-52(62-43)66-55(6,7)65-50/h8-32,43-52H,33-37H2,1-7H3/t43-,44-,45+,46+,47+,48+,49-,50-,51-,52-/m1/s1. The molecule has 4 aliphatic rings. The molecule has 4 saturated heterocycles. The van der Waals surface area contributed by atoms with Gasteiger partial charge in [0.1, 0.15) is 48.8 Å². The fourth-order valence-electron chi connectivity index (χ4n) is 10.0. The maximum atomic E-state index is 7.64. The van der Waals surface area contributed by atoms with Crippen molar-refractivity contribution in [1.29, 1.82) is 0 Å². The number of hydrogen-bond donors (Lipinski definition) is 0. The number of fused-ring (bicyclic) bond motifs is 3. The molecule has 0 amide bonds. The Kier molecular flexibility index (Phi) is 14.6. The summed E-state index contributed by atoms with van der Waals surface area (Å²) in [4.78, 5) is 0. The molecule has 4 aliphatic heterocycles. The molecule has 9 rings (SSSR count). The Morgan fingerprint density at radius 2 is 0.881 bits per heavy atom. The summed E-state index contributed by atoms with van der Waals surface area (Å²) in [7, 11) is -3.06. The largest absolute Gasteiger partial charge is 0.405 e. The van der Waals surface area contributed by atoms with Crippen molar-refractivity contribution < 1.29 is 51.8 Å². The first-order chi connectivity index (χ1) is 32.3. The fraction of sp³-hybridized carbons (Fsp3) is 0.455. The normalized spacial score (nSPS) is 29.0. The summed E-state index contributed by atoms with van der Waals surface area (Å²) in [5.74, 6) is -1.75. The average molecular weight is 931 g/mol. The highest BCUT2D eigenvalue weighted by Crippen LogP contribution is 2.45. The molecule has 4 fully saturated rings. The van der Waals surface area contributed by atoms with Gasteiger partial charge in [0.15, 0.2) is 24.2 Å². The van der Waals surface area contributed by atoms with Crippen LogP contribution < -0.4 is 10.4 Å². The van der Waals surface area contributed by atoms with Crippen molar-refractivity contribution in [3.8, 4) is 0 Å². The van der Waals surface area contributed by atoms with Gasteiger partial charge in [0, 0.05) is 0 Å². The van der Waals surface area contributed by atoms with Crippen LogP contribution >= 0.6 is 0 Å². The highest BCUT2D eigenvalue weighted by molar-refractivity contribution is 6.99. The molecule has 0 radical (unpaired) electrons. The minimum Gasteiger partial charge on any atom is -0.405 e. The van der Waals surface area contributed by atoms with Gasteiger partial charge in [-0.15, -0.1) is 0 Å². The van der Waals surface area contributed by atoms with Crippen LogP contribution in [0.4, 0.5) is 0 Å². The van der Waals surface area contributed by atoms with Gasteiger partial charge in [-0.05, 0) is 59.8 Å². The van der Waals surface area contributed by atoms with E-state index < -0.39 is 81.3 Å². The number of benzene rings is 5. The third kappa shape index (κ3) is 10.9. The Morgan fingerprint density at radius 3 is 1.39 bits per heavy atom. The quantitative estimate of drug-likeness (QED) is 0.0841. The summed E-state index contributed by atoms with van der Waals surface area (Å²) in [5, 5.41) is 2.02. The van der Waals surface area contributed by atoms with Gasteiger partial charge >= 0.3 is 0 Å². The van der Waals surface area contributed by atoms with Crippen LogP contribution in [0.3, 0.4) is 0 Å². The topological polar surface area (TPSA) is 102 Å². The van der Waals surface area contributed by atoms with Crippen molar-refractivity contribution in [2.45, 2.75) is 146 Å². The van der Waals surface area contributed by atoms with Crippen molar-refractivity contribution in [2.75, 3.05) is 13.2 Å². The maximum absolute atomic E-state index is 7.64. The zero-order chi connectivity index (χ0) is 46.7. The molecule has 5 aromatic rings. The van der Waals surface area contributed by atoms with E-state index >= 15 is 0 Å². The first-order valence-corrected chi connectivity index (χ1v) is 25.5. The van der Waals surface area contributed by atoms with Gasteiger partial charge in [-0.2, -0.15) is 0 Å². The van der Waals surface area contributed by atoms with Crippen LogP contribution in [-0.2, 0) is 71.6 Å². The minimum atomic E-state index is -3.06. The Hall–Kier alpha value is -4.12. The zero-order valence-electron chi connectivity index (χ0n) is 39.7. The van der Waals surface area contributed by atoms with E-state index in [0.717, 1.165) is 27.1 Å². The lowest BCUT2D eigenvalue weighted by atomic mass is 9.97. The van der Waals surface area contributed by atoms with Crippen molar-refractivity contribution in [2.24, 2.45) is 0 Å². The first kappa shape index (κ1) is 47.9. The SMILES string of the molecule is CC1(C)O[C@H]2[C@@H](O1)[C@@H](CO[C@@H]1O[C@H](CO[Si](c3ccccc3)(c3ccccc3)C(C)(C)C)[C@H](OCc3ccccc3)[C@H](OCc3ccccc3)[C@H]1OCc1ccccc1)O[C@@H]1OC(C)(C)O[C@@H]12. The number of ether oxygens (including phenoxy) is 10. The molecular weight excluding hydrogens is 865 g/mol. The van der Waals surface area contributed by atoms with Gasteiger partial charge in [-0.25, -0.2) is 0 Å². The van der Waals surface area contributed by atoms with Gasteiger partial charge in [0.2, 0.25) is 0 Å². The summed E-state index contributed by atoms with van der Waals surface area (Å²) >= 11 is 0. The van der Waals surface area contributed by atoms with E-state index in [-0.39, 0.29) is 24.9 Å². The second-order valence-corrected chi connectivity index (χ2v) is 24.1. The molecule has 0 N–H and O–H groups in total. The second-order valence-electron chi connectivity index (χ2n) is 19.8. The van der Waals surface area contributed by atoms with E-state index in [1.54, 1.807) is 0 Å². The summed E-state index contributed by atoms with van der Waals surface area (Å²) in [6.07, 6.45) is -6.53. The molecule has 0 unspecified atom stereocenters.